The number of thiazole rings is 2. The lowest BCUT2D eigenvalue weighted by Crippen LogP contribution is -2.54. The number of ether oxygens (including phenoxy) is 2. The van der Waals surface area contributed by atoms with Gasteiger partial charge in [-0.2, -0.15) is 10.5 Å². The Hall–Kier alpha value is -9.85. The molecule has 4 aromatic heterocycles. The first kappa shape index (κ1) is 62.3. The van der Waals surface area contributed by atoms with Crippen LogP contribution in [0.15, 0.2) is 218 Å². The van der Waals surface area contributed by atoms with Gasteiger partial charge in [-0.15, -0.1) is 22.7 Å². The topological polar surface area (TPSA) is 136 Å². The van der Waals surface area contributed by atoms with E-state index in [2.05, 4.69) is 97.3 Å². The van der Waals surface area contributed by atoms with Gasteiger partial charge in [0.15, 0.2) is 0 Å². The number of aromatic nitrogens is 4. The molecular formula is C78H70B2N6O4S2. The van der Waals surface area contributed by atoms with Crippen LogP contribution in [0.1, 0.15) is 110 Å². The molecular weight excluding hydrogens is 1170 g/mol. The van der Waals surface area contributed by atoms with E-state index in [1.807, 2.05) is 158 Å². The molecule has 92 heavy (non-hydrogen) atoms. The third-order valence-corrected chi connectivity index (χ3v) is 19.7. The summed E-state index contributed by atoms with van der Waals surface area (Å²) in [6.45, 7) is 7.84. The molecule has 10 nitrogen and oxygen atoms in total. The summed E-state index contributed by atoms with van der Waals surface area (Å²) < 4.78 is 18.9. The van der Waals surface area contributed by atoms with E-state index in [4.69, 9.17) is 19.4 Å². The predicted molar refractivity (Wildman–Crippen MR) is 379 cm³/mol. The van der Waals surface area contributed by atoms with E-state index >= 15 is 0 Å². The summed E-state index contributed by atoms with van der Waals surface area (Å²) in [7, 11) is 0. The van der Waals surface area contributed by atoms with Crippen LogP contribution in [0.4, 0.5) is 0 Å². The molecule has 0 aliphatic carbocycles. The molecule has 454 valence electrons. The highest BCUT2D eigenvalue weighted by Crippen LogP contribution is 2.39. The Labute approximate surface area is 546 Å². The lowest BCUT2D eigenvalue weighted by Gasteiger charge is -2.24. The molecule has 0 amide bonds. The summed E-state index contributed by atoms with van der Waals surface area (Å²) in [5, 5.41) is 28.2. The zero-order valence-electron chi connectivity index (χ0n) is 52.3. The van der Waals surface area contributed by atoms with Gasteiger partial charge in [0, 0.05) is 22.2 Å². The maximum atomic E-state index is 14.9. The second kappa shape index (κ2) is 29.0. The van der Waals surface area contributed by atoms with Crippen LogP contribution in [0.3, 0.4) is 0 Å². The van der Waals surface area contributed by atoms with Crippen molar-refractivity contribution in [3.8, 4) is 34.7 Å². The lowest BCUT2D eigenvalue weighted by molar-refractivity contribution is 0.0419. The third kappa shape index (κ3) is 12.8. The van der Waals surface area contributed by atoms with E-state index in [-0.39, 0.29) is 36.2 Å². The Morgan fingerprint density at radius 2 is 0.815 bits per heavy atom. The fourth-order valence-electron chi connectivity index (χ4n) is 12.8. The zero-order valence-corrected chi connectivity index (χ0v) is 53.9. The maximum Gasteiger partial charge on any atom is 0.338 e. The van der Waals surface area contributed by atoms with Crippen LogP contribution in [0, 0.1) is 34.5 Å². The first-order valence-corrected chi connectivity index (χ1v) is 33.7. The summed E-state index contributed by atoms with van der Waals surface area (Å²) in [6.07, 6.45) is 7.81. The van der Waals surface area contributed by atoms with Gasteiger partial charge in [-0.1, -0.05) is 258 Å². The molecule has 2 atom stereocenters. The minimum Gasteiger partial charge on any atom is -0.462 e. The van der Waals surface area contributed by atoms with Crippen molar-refractivity contribution in [3.63, 3.8) is 0 Å². The largest absolute Gasteiger partial charge is 0.462 e. The number of benzene rings is 8. The summed E-state index contributed by atoms with van der Waals surface area (Å²) in [6, 6.07) is 77.7. The molecule has 8 aromatic carbocycles. The van der Waals surface area contributed by atoms with E-state index in [1.54, 1.807) is 12.1 Å². The van der Waals surface area contributed by atoms with Crippen molar-refractivity contribution in [3.05, 3.63) is 250 Å². The Balaban J connectivity index is 1.35. The fraction of sp³-hybridized carbons (Fsp3) is 0.205. The second-order valence-corrected chi connectivity index (χ2v) is 25.5. The Morgan fingerprint density at radius 1 is 0.467 bits per heavy atom. The quantitative estimate of drug-likeness (QED) is 0.0431. The first-order valence-electron chi connectivity index (χ1n) is 32.1. The number of esters is 2. The number of para-hydroxylation sites is 2. The molecule has 0 spiro atoms. The Morgan fingerprint density at radius 3 is 1.14 bits per heavy atom. The molecule has 12 aromatic rings. The summed E-state index contributed by atoms with van der Waals surface area (Å²) >= 11 is 2.87. The highest BCUT2D eigenvalue weighted by atomic mass is 32.1. The van der Waals surface area contributed by atoms with Gasteiger partial charge in [-0.25, -0.2) is 19.6 Å². The molecule has 0 saturated carbocycles. The van der Waals surface area contributed by atoms with Gasteiger partial charge in [0.05, 0.1) is 55.5 Å². The second-order valence-electron chi connectivity index (χ2n) is 23.5. The van der Waals surface area contributed by atoms with Gasteiger partial charge < -0.3 is 18.4 Å². The molecule has 0 fully saturated rings. The van der Waals surface area contributed by atoms with E-state index in [0.29, 0.717) is 65.1 Å². The predicted octanol–water partition coefficient (Wildman–Crippen LogP) is 14.5. The normalized spacial score (nSPS) is 12.7. The molecule has 0 saturated heterocycles. The smallest absolute Gasteiger partial charge is 0.338 e. The van der Waals surface area contributed by atoms with E-state index in [0.717, 1.165) is 93.7 Å². The van der Waals surface area contributed by atoms with Crippen LogP contribution in [-0.2, 0) is 9.47 Å². The van der Waals surface area contributed by atoms with Gasteiger partial charge in [-0.05, 0) is 84.3 Å². The number of unbranched alkanes of at least 4 members (excludes halogenated alkanes) is 2. The van der Waals surface area contributed by atoms with Crippen molar-refractivity contribution in [2.45, 2.75) is 79.1 Å². The summed E-state index contributed by atoms with van der Waals surface area (Å²) in [5.41, 5.74) is 8.80. The number of nitriles is 2. The lowest BCUT2D eigenvalue weighted by atomic mass is 9.50. The molecule has 2 unspecified atom stereocenters. The monoisotopic (exact) mass is 1240 g/mol. The molecule has 0 radical (unpaired) electrons. The zero-order chi connectivity index (χ0) is 63.5. The number of carbonyl (C=O) groups excluding carboxylic acids is 2. The number of nitrogens with zero attached hydrogens (tertiary/aromatic N) is 6. The van der Waals surface area contributed by atoms with Gasteiger partial charge in [0.25, 0.3) is 0 Å². The molecule has 12 rings (SSSR count). The number of hydrogen-bond acceptors (Lipinski definition) is 10. The van der Waals surface area contributed by atoms with Crippen molar-refractivity contribution in [1.82, 2.24) is 18.9 Å². The molecule has 4 heterocycles. The van der Waals surface area contributed by atoms with Gasteiger partial charge in [0.1, 0.15) is 33.3 Å². The van der Waals surface area contributed by atoms with Gasteiger partial charge in [0.2, 0.25) is 0 Å². The summed E-state index contributed by atoms with van der Waals surface area (Å²) in [4.78, 5) is 40.4. The van der Waals surface area contributed by atoms with Crippen molar-refractivity contribution in [2.24, 2.45) is 11.8 Å². The van der Waals surface area contributed by atoms with Gasteiger partial charge >= 0.3 is 25.6 Å². The minimum absolute atomic E-state index is 0.200. The average molecular weight is 1240 g/mol. The molecule has 0 N–H and O–H groups in total. The van der Waals surface area contributed by atoms with Crippen molar-refractivity contribution >= 4 is 113 Å². The van der Waals surface area contributed by atoms with Crippen molar-refractivity contribution in [2.75, 3.05) is 13.2 Å². The number of carbonyl (C=O) groups is 2. The maximum absolute atomic E-state index is 14.9. The highest BCUT2D eigenvalue weighted by Gasteiger charge is 2.38. The van der Waals surface area contributed by atoms with Crippen molar-refractivity contribution < 1.29 is 19.1 Å². The molecule has 0 bridgehead atoms. The van der Waals surface area contributed by atoms with Crippen LogP contribution in [-0.4, -0.2) is 57.8 Å². The standard InChI is InChI=1S/C78H70B2N6O4S2/c1-5-9-29-53(7-3)51-89-77(87)57-33-27-31-55(47-57)71-69-70(74(64(50-82)76-84-66-44-24-26-46-68(66)92-76)85(71)79(59-35-15-11-16-36-59)60-37-17-12-18-38-60)72(56-32-28-34-58(48-56)78(88)90-52-54(8-4)30-10-6-2)86(80(61-39-19-13-20-40-61)62-41-21-14-22-42-62)73(69)63(49-81)75-83-65-43-23-25-45-67(65)91-75/h11-28,31-48,53-54H,5-10,29-30,51-52H2,1-4H3/b73-63-,74-64-. The Kier molecular flexibility index (Phi) is 19.6. The van der Waals surface area contributed by atoms with Crippen LogP contribution >= 0.6 is 22.7 Å². The molecule has 0 aliphatic heterocycles. The SMILES string of the molecule is CCCCC(CC)COC(=O)c1cccc(-c2c3/c(=C(\C#N)c4nc5ccccc5s4)n(B(c4ccccc4)c4ccccc4)c(-c4cccc(C(=O)OCC(CC)CCCC)c4)c3/c(=C(\C#N)c3nc4ccccc4s3)n2B(c2ccccc2)c2ccccc2)c1. The first-order chi connectivity index (χ1) is 45.2. The van der Waals surface area contributed by atoms with E-state index in [1.165, 1.54) is 22.7 Å². The minimum atomic E-state index is -0.672. The van der Waals surface area contributed by atoms with Crippen LogP contribution in [0.25, 0.3) is 64.9 Å². The number of hydrogen-bond donors (Lipinski definition) is 0. The fourth-order valence-corrected chi connectivity index (χ4v) is 14.7. The average Bonchev–Trinajstić information content (AvgIpc) is 1.52. The van der Waals surface area contributed by atoms with Crippen LogP contribution < -0.4 is 32.5 Å². The van der Waals surface area contributed by atoms with Gasteiger partial charge in [-0.3, -0.25) is 0 Å². The van der Waals surface area contributed by atoms with Crippen molar-refractivity contribution in [1.29, 1.82) is 10.5 Å². The Bertz CT molecular complexity index is 4370. The summed E-state index contributed by atoms with van der Waals surface area (Å²) in [5.74, 6) is -0.511. The number of rotatable bonds is 24. The van der Waals surface area contributed by atoms with E-state index in [9.17, 15) is 20.1 Å². The molecule has 0 aliphatic rings. The highest BCUT2D eigenvalue weighted by molar-refractivity contribution is 7.20. The number of fused-ring (bicyclic) bond motifs is 3. The van der Waals surface area contributed by atoms with Crippen LogP contribution in [0.2, 0.25) is 0 Å². The van der Waals surface area contributed by atoms with Crippen LogP contribution in [0.5, 0.6) is 0 Å². The van der Waals surface area contributed by atoms with E-state index < -0.39 is 25.6 Å². The molecule has 14 heteroatoms. The third-order valence-electron chi connectivity index (χ3n) is 17.6.